The average Bonchev–Trinajstić information content (AvgIpc) is 2.87. The molecule has 5 heteroatoms. The van der Waals surface area contributed by atoms with Crippen LogP contribution >= 0.6 is 0 Å². The van der Waals surface area contributed by atoms with Crippen LogP contribution in [-0.4, -0.2) is 25.6 Å². The lowest BCUT2D eigenvalue weighted by molar-refractivity contribution is -0.119. The van der Waals surface area contributed by atoms with Crippen LogP contribution in [0.1, 0.15) is 11.5 Å². The number of nitrogens with zero attached hydrogens (tertiary/aromatic N) is 1. The van der Waals surface area contributed by atoms with Crippen LogP contribution in [0.5, 0.6) is 5.75 Å². The van der Waals surface area contributed by atoms with Crippen LogP contribution in [-0.2, 0) is 4.79 Å². The van der Waals surface area contributed by atoms with Gasteiger partial charge in [0.15, 0.2) is 0 Å². The summed E-state index contributed by atoms with van der Waals surface area (Å²) in [6.45, 7) is 1.57. The molecule has 0 aromatic heterocycles. The van der Waals surface area contributed by atoms with Crippen molar-refractivity contribution in [2.75, 3.05) is 24.6 Å². The molecule has 3 rings (SSSR count). The van der Waals surface area contributed by atoms with Gasteiger partial charge in [0.05, 0.1) is 12.5 Å². The van der Waals surface area contributed by atoms with Crippen molar-refractivity contribution in [3.05, 3.63) is 59.9 Å². The Labute approximate surface area is 128 Å². The lowest BCUT2D eigenvalue weighted by atomic mass is 10.0. The molecule has 4 nitrogen and oxygen atoms in total. The highest BCUT2D eigenvalue weighted by molar-refractivity contribution is 5.87. The van der Waals surface area contributed by atoms with E-state index in [1.54, 1.807) is 12.1 Å². The van der Waals surface area contributed by atoms with Gasteiger partial charge in [0, 0.05) is 18.3 Å². The second-order valence-corrected chi connectivity index (χ2v) is 5.27. The normalized spacial score (nSPS) is 16.4. The summed E-state index contributed by atoms with van der Waals surface area (Å²) in [7, 11) is 0. The number of ether oxygens (including phenoxy) is 1. The van der Waals surface area contributed by atoms with Gasteiger partial charge in [-0.15, -0.1) is 0 Å². The fourth-order valence-corrected chi connectivity index (χ4v) is 2.77. The van der Waals surface area contributed by atoms with Crippen LogP contribution in [0, 0.1) is 5.82 Å². The Morgan fingerprint density at radius 3 is 2.86 bits per heavy atom. The molecular weight excluding hydrogens is 283 g/mol. The number of hydrogen-bond acceptors (Lipinski definition) is 3. The highest BCUT2D eigenvalue weighted by Crippen LogP contribution is 2.35. The second kappa shape index (κ2) is 6.05. The van der Waals surface area contributed by atoms with Crippen molar-refractivity contribution in [3.8, 4) is 5.75 Å². The third kappa shape index (κ3) is 2.88. The zero-order valence-electron chi connectivity index (χ0n) is 12.0. The Kier molecular flexibility index (Phi) is 3.96. The predicted molar refractivity (Wildman–Crippen MR) is 82.5 cm³/mol. The number of carbonyl (C=O) groups excluding carboxylic acids is 1. The fourth-order valence-electron chi connectivity index (χ4n) is 2.77. The molecule has 2 aromatic carbocycles. The Morgan fingerprint density at radius 2 is 2.09 bits per heavy atom. The van der Waals surface area contributed by atoms with E-state index in [9.17, 15) is 9.18 Å². The molecule has 0 unspecified atom stereocenters. The average molecular weight is 300 g/mol. The smallest absolute Gasteiger partial charge is 0.226 e. The number of benzene rings is 2. The maximum atomic E-state index is 13.1. The van der Waals surface area contributed by atoms with Crippen molar-refractivity contribution in [2.24, 2.45) is 5.73 Å². The van der Waals surface area contributed by atoms with Gasteiger partial charge in [-0.25, -0.2) is 4.39 Å². The molecular formula is C17H17FN2O2. The van der Waals surface area contributed by atoms with Gasteiger partial charge in [-0.05, 0) is 23.8 Å². The number of anilines is 1. The zero-order valence-corrected chi connectivity index (χ0v) is 12.0. The van der Waals surface area contributed by atoms with E-state index in [0.717, 1.165) is 11.3 Å². The number of fused-ring (bicyclic) bond motifs is 1. The Hall–Kier alpha value is -2.56. The molecule has 1 amide bonds. The van der Waals surface area contributed by atoms with Crippen LogP contribution < -0.4 is 15.4 Å². The number of primary amides is 1. The minimum Gasteiger partial charge on any atom is -0.492 e. The minimum atomic E-state index is -0.321. The first-order valence-corrected chi connectivity index (χ1v) is 7.16. The highest BCUT2D eigenvalue weighted by atomic mass is 19.1. The zero-order chi connectivity index (χ0) is 15.5. The van der Waals surface area contributed by atoms with E-state index in [-0.39, 0.29) is 17.6 Å². The van der Waals surface area contributed by atoms with E-state index in [4.69, 9.17) is 10.5 Å². The number of carbonyl (C=O) groups is 1. The molecule has 1 atom stereocenters. The maximum absolute atomic E-state index is 13.1. The highest BCUT2D eigenvalue weighted by Gasteiger charge is 2.31. The fraction of sp³-hybridized carbons (Fsp3) is 0.235. The van der Waals surface area contributed by atoms with E-state index >= 15 is 0 Å². The maximum Gasteiger partial charge on any atom is 0.226 e. The number of para-hydroxylation sites is 1. The molecule has 0 bridgehead atoms. The van der Waals surface area contributed by atoms with Crippen molar-refractivity contribution >= 4 is 11.6 Å². The van der Waals surface area contributed by atoms with Crippen LogP contribution in [0.4, 0.5) is 10.1 Å². The molecule has 0 aliphatic carbocycles. The summed E-state index contributed by atoms with van der Waals surface area (Å²) in [6.07, 6.45) is 0. The summed E-state index contributed by atoms with van der Waals surface area (Å²) >= 11 is 0. The molecule has 1 aliphatic rings. The summed E-state index contributed by atoms with van der Waals surface area (Å²) in [5, 5.41) is 0. The van der Waals surface area contributed by atoms with Gasteiger partial charge in [-0.1, -0.05) is 24.3 Å². The number of hydrogen-bond donors (Lipinski definition) is 1. The monoisotopic (exact) mass is 300 g/mol. The lowest BCUT2D eigenvalue weighted by Crippen LogP contribution is -2.31. The van der Waals surface area contributed by atoms with Gasteiger partial charge in [-0.2, -0.15) is 0 Å². The predicted octanol–water partition coefficient (Wildman–Crippen LogP) is 2.29. The molecule has 0 saturated carbocycles. The molecule has 2 aromatic rings. The molecule has 1 heterocycles. The molecule has 2 N–H and O–H groups in total. The van der Waals surface area contributed by atoms with E-state index in [1.807, 2.05) is 24.3 Å². The second-order valence-electron chi connectivity index (χ2n) is 5.27. The van der Waals surface area contributed by atoms with Crippen LogP contribution in [0.3, 0.4) is 0 Å². The molecule has 0 radical (unpaired) electrons. The molecule has 0 spiro atoms. The van der Waals surface area contributed by atoms with Crippen molar-refractivity contribution in [3.63, 3.8) is 0 Å². The van der Waals surface area contributed by atoms with E-state index < -0.39 is 0 Å². The van der Waals surface area contributed by atoms with Gasteiger partial charge in [0.1, 0.15) is 18.2 Å². The molecule has 1 aliphatic heterocycles. The minimum absolute atomic E-state index is 0.287. The van der Waals surface area contributed by atoms with Crippen molar-refractivity contribution in [2.45, 2.75) is 5.92 Å². The molecule has 22 heavy (non-hydrogen) atoms. The van der Waals surface area contributed by atoms with E-state index in [2.05, 4.69) is 4.90 Å². The standard InChI is InChI=1S/C17H17FN2O2/c18-12-4-3-5-13(10-12)22-9-8-20-11-15(17(19)21)14-6-1-2-7-16(14)20/h1-7,10,15H,8-9,11H2,(H2,19,21)/t15-/m1/s1. The molecule has 0 saturated heterocycles. The van der Waals surface area contributed by atoms with Gasteiger partial charge >= 0.3 is 0 Å². The van der Waals surface area contributed by atoms with E-state index in [0.29, 0.717) is 25.4 Å². The SMILES string of the molecule is NC(=O)[C@@H]1CN(CCOc2cccc(F)c2)c2ccccc21. The third-order valence-corrected chi connectivity index (χ3v) is 3.83. The quantitative estimate of drug-likeness (QED) is 0.922. The Balaban J connectivity index is 1.65. The summed E-state index contributed by atoms with van der Waals surface area (Å²) in [6, 6.07) is 13.8. The van der Waals surface area contributed by atoms with Gasteiger partial charge < -0.3 is 15.4 Å². The van der Waals surface area contributed by atoms with Crippen molar-refractivity contribution in [1.82, 2.24) is 0 Å². The Morgan fingerprint density at radius 1 is 1.27 bits per heavy atom. The van der Waals surface area contributed by atoms with Crippen LogP contribution in [0.2, 0.25) is 0 Å². The first kappa shape index (κ1) is 14.4. The molecule has 0 fully saturated rings. The van der Waals surface area contributed by atoms with Crippen molar-refractivity contribution < 1.29 is 13.9 Å². The Bertz CT molecular complexity index is 690. The van der Waals surface area contributed by atoms with Gasteiger partial charge in [0.2, 0.25) is 5.91 Å². The largest absolute Gasteiger partial charge is 0.492 e. The van der Waals surface area contributed by atoms with Crippen molar-refractivity contribution in [1.29, 1.82) is 0 Å². The third-order valence-electron chi connectivity index (χ3n) is 3.83. The summed E-state index contributed by atoms with van der Waals surface area (Å²) < 4.78 is 18.7. The van der Waals surface area contributed by atoms with E-state index in [1.165, 1.54) is 12.1 Å². The number of halogens is 1. The summed E-state index contributed by atoms with van der Waals surface area (Å²) in [5.41, 5.74) is 7.44. The lowest BCUT2D eigenvalue weighted by Gasteiger charge is -2.19. The van der Waals surface area contributed by atoms with Crippen LogP contribution in [0.25, 0.3) is 0 Å². The molecule has 114 valence electrons. The first-order valence-electron chi connectivity index (χ1n) is 7.16. The van der Waals surface area contributed by atoms with Gasteiger partial charge in [-0.3, -0.25) is 4.79 Å². The number of rotatable bonds is 5. The van der Waals surface area contributed by atoms with Gasteiger partial charge in [0.25, 0.3) is 0 Å². The number of nitrogens with two attached hydrogens (primary N) is 1. The topological polar surface area (TPSA) is 55.6 Å². The first-order chi connectivity index (χ1) is 10.6. The number of amides is 1. The summed E-state index contributed by atoms with van der Waals surface area (Å²) in [4.78, 5) is 13.6. The summed E-state index contributed by atoms with van der Waals surface area (Å²) in [5.74, 6) is -0.428. The van der Waals surface area contributed by atoms with Crippen LogP contribution in [0.15, 0.2) is 48.5 Å².